The van der Waals surface area contributed by atoms with E-state index in [0.717, 1.165) is 0 Å². The van der Waals surface area contributed by atoms with Gasteiger partial charge in [-0.15, -0.1) is 0 Å². The molecule has 0 radical (unpaired) electrons. The molecule has 13 heavy (non-hydrogen) atoms. The summed E-state index contributed by atoms with van der Waals surface area (Å²) in [6.45, 7) is -0.618. The maximum absolute atomic E-state index is 10.3. The number of hydrogen-bond acceptors (Lipinski definition) is 6. The summed E-state index contributed by atoms with van der Waals surface area (Å²) < 4.78 is 4.71. The number of aldehydes is 1. The van der Waals surface area contributed by atoms with Crippen molar-refractivity contribution in [2.45, 2.75) is 24.4 Å². The van der Waals surface area contributed by atoms with Crippen LogP contribution in [0.3, 0.4) is 0 Å². The molecule has 0 saturated carbocycles. The van der Waals surface area contributed by atoms with Crippen molar-refractivity contribution in [3.05, 3.63) is 0 Å². The van der Waals surface area contributed by atoms with Crippen LogP contribution in [0.1, 0.15) is 0 Å². The van der Waals surface area contributed by atoms with E-state index in [1.165, 1.54) is 7.11 Å². The predicted molar refractivity (Wildman–Crippen MR) is 43.9 cm³/mol. The number of aliphatic hydroxyl groups is 3. The van der Waals surface area contributed by atoms with Crippen LogP contribution < -0.4 is 5.73 Å². The lowest BCUT2D eigenvalue weighted by atomic mass is 10.0. The second-order valence-electron chi connectivity index (χ2n) is 2.65. The van der Waals surface area contributed by atoms with Crippen molar-refractivity contribution in [3.8, 4) is 0 Å². The molecule has 0 amide bonds. The van der Waals surface area contributed by atoms with Gasteiger partial charge in [-0.3, -0.25) is 0 Å². The van der Waals surface area contributed by atoms with Crippen molar-refractivity contribution in [1.82, 2.24) is 0 Å². The molecule has 0 aromatic rings. The molecule has 0 unspecified atom stereocenters. The third kappa shape index (κ3) is 3.37. The molecule has 0 aliphatic rings. The van der Waals surface area contributed by atoms with Crippen LogP contribution in [0, 0.1) is 0 Å². The minimum atomic E-state index is -1.38. The van der Waals surface area contributed by atoms with Gasteiger partial charge in [-0.05, 0) is 0 Å². The molecule has 0 aliphatic carbocycles. The average molecular weight is 193 g/mol. The predicted octanol–water partition coefficient (Wildman–Crippen LogP) is -2.76. The Balaban J connectivity index is 4.29. The summed E-state index contributed by atoms with van der Waals surface area (Å²) in [6, 6.07) is -1.03. The molecule has 0 heterocycles. The Kier molecular flexibility index (Phi) is 5.76. The van der Waals surface area contributed by atoms with Crippen molar-refractivity contribution in [2.24, 2.45) is 5.73 Å². The van der Waals surface area contributed by atoms with E-state index in [2.05, 4.69) is 0 Å². The van der Waals surface area contributed by atoms with Crippen molar-refractivity contribution >= 4 is 6.29 Å². The van der Waals surface area contributed by atoms with Crippen LogP contribution in [-0.4, -0.2) is 59.7 Å². The highest BCUT2D eigenvalue weighted by molar-refractivity contribution is 5.58. The van der Waals surface area contributed by atoms with Gasteiger partial charge < -0.3 is 30.6 Å². The number of carbonyl (C=O) groups excluding carboxylic acids is 1. The number of hydrogen-bond donors (Lipinski definition) is 4. The molecular formula is C7H15NO5. The minimum absolute atomic E-state index is 0.404. The van der Waals surface area contributed by atoms with Gasteiger partial charge in [0.1, 0.15) is 24.6 Å². The van der Waals surface area contributed by atoms with Gasteiger partial charge in [-0.1, -0.05) is 0 Å². The normalized spacial score (nSPS) is 20.4. The molecular weight excluding hydrogens is 178 g/mol. The standard InChI is InChI=1S/C7H15NO5/c1-13-7(4(8)2-9)6(12)5(11)3-10/h2,4-7,10-12H,3,8H2,1H3/t4-,5-,6-,7-/m1/s1. The SMILES string of the molecule is CO[C@@H]([C@H](O)[C@H](O)CO)[C@H](N)C=O. The molecule has 0 fully saturated rings. The number of methoxy groups -OCH3 is 1. The molecule has 5 N–H and O–H groups in total. The van der Waals surface area contributed by atoms with E-state index in [0.29, 0.717) is 6.29 Å². The summed E-state index contributed by atoms with van der Waals surface area (Å²) in [5.41, 5.74) is 5.28. The molecule has 6 heteroatoms. The van der Waals surface area contributed by atoms with Gasteiger partial charge in [0.25, 0.3) is 0 Å². The first-order valence-electron chi connectivity index (χ1n) is 3.79. The van der Waals surface area contributed by atoms with Gasteiger partial charge >= 0.3 is 0 Å². The first-order valence-corrected chi connectivity index (χ1v) is 3.79. The summed E-state index contributed by atoms with van der Waals surface area (Å²) in [7, 11) is 1.25. The quantitative estimate of drug-likeness (QED) is 0.340. The number of ether oxygens (including phenoxy) is 1. The lowest BCUT2D eigenvalue weighted by Crippen LogP contribution is -2.51. The fraction of sp³-hybridized carbons (Fsp3) is 0.857. The van der Waals surface area contributed by atoms with Gasteiger partial charge in [0.2, 0.25) is 0 Å². The molecule has 0 spiro atoms. The van der Waals surface area contributed by atoms with E-state index in [1.54, 1.807) is 0 Å². The highest BCUT2D eigenvalue weighted by Crippen LogP contribution is 2.05. The largest absolute Gasteiger partial charge is 0.394 e. The lowest BCUT2D eigenvalue weighted by Gasteiger charge is -2.26. The third-order valence-corrected chi connectivity index (χ3v) is 1.73. The summed E-state index contributed by atoms with van der Waals surface area (Å²) in [5.74, 6) is 0. The number of aliphatic hydroxyl groups excluding tert-OH is 3. The van der Waals surface area contributed by atoms with Crippen LogP contribution in [0.25, 0.3) is 0 Å². The first kappa shape index (κ1) is 12.5. The summed E-state index contributed by atoms with van der Waals surface area (Å²) in [5, 5.41) is 26.8. The van der Waals surface area contributed by atoms with Gasteiger partial charge in [-0.25, -0.2) is 0 Å². The zero-order valence-corrected chi connectivity index (χ0v) is 7.33. The third-order valence-electron chi connectivity index (χ3n) is 1.73. The van der Waals surface area contributed by atoms with Crippen LogP contribution in [0.4, 0.5) is 0 Å². The fourth-order valence-electron chi connectivity index (χ4n) is 0.929. The summed E-state index contributed by atoms with van der Waals surface area (Å²) in [6.07, 6.45) is -3.35. The Labute approximate surface area is 75.9 Å². The monoisotopic (exact) mass is 193 g/mol. The maximum Gasteiger partial charge on any atom is 0.139 e. The van der Waals surface area contributed by atoms with Crippen molar-refractivity contribution < 1.29 is 24.9 Å². The van der Waals surface area contributed by atoms with E-state index >= 15 is 0 Å². The van der Waals surface area contributed by atoms with E-state index in [1.807, 2.05) is 0 Å². The smallest absolute Gasteiger partial charge is 0.139 e. The van der Waals surface area contributed by atoms with Gasteiger partial charge in [0.05, 0.1) is 12.6 Å². The number of nitrogens with two attached hydrogens (primary N) is 1. The Morgan fingerprint density at radius 2 is 2.08 bits per heavy atom. The average Bonchev–Trinajstić information content (AvgIpc) is 2.17. The fourth-order valence-corrected chi connectivity index (χ4v) is 0.929. The zero-order chi connectivity index (χ0) is 10.4. The molecule has 0 aliphatic heterocycles. The van der Waals surface area contributed by atoms with Crippen molar-refractivity contribution in [1.29, 1.82) is 0 Å². The van der Waals surface area contributed by atoms with E-state index in [9.17, 15) is 9.90 Å². The molecule has 0 saturated heterocycles. The lowest BCUT2D eigenvalue weighted by molar-refractivity contribution is -0.122. The second kappa shape index (κ2) is 6.01. The van der Waals surface area contributed by atoms with Crippen LogP contribution in [0.2, 0.25) is 0 Å². The Morgan fingerprint density at radius 3 is 2.38 bits per heavy atom. The Hall–Kier alpha value is -0.530. The summed E-state index contributed by atoms with van der Waals surface area (Å²) >= 11 is 0. The topological polar surface area (TPSA) is 113 Å². The molecule has 0 bridgehead atoms. The molecule has 6 nitrogen and oxygen atoms in total. The highest BCUT2D eigenvalue weighted by atomic mass is 16.5. The number of rotatable bonds is 6. The van der Waals surface area contributed by atoms with Crippen LogP contribution in [0.15, 0.2) is 0 Å². The highest BCUT2D eigenvalue weighted by Gasteiger charge is 2.30. The molecule has 0 aromatic heterocycles. The second-order valence-corrected chi connectivity index (χ2v) is 2.65. The van der Waals surface area contributed by atoms with Gasteiger partial charge in [-0.2, -0.15) is 0 Å². The Morgan fingerprint density at radius 1 is 1.54 bits per heavy atom. The molecule has 78 valence electrons. The van der Waals surface area contributed by atoms with E-state index < -0.39 is 31.0 Å². The summed E-state index contributed by atoms with van der Waals surface area (Å²) in [4.78, 5) is 10.3. The van der Waals surface area contributed by atoms with Gasteiger partial charge in [0.15, 0.2) is 0 Å². The van der Waals surface area contributed by atoms with Gasteiger partial charge in [0, 0.05) is 7.11 Å². The number of carbonyl (C=O) groups is 1. The Bertz CT molecular complexity index is 154. The first-order chi connectivity index (χ1) is 6.08. The van der Waals surface area contributed by atoms with Crippen molar-refractivity contribution in [3.63, 3.8) is 0 Å². The van der Waals surface area contributed by atoms with Crippen LogP contribution in [0.5, 0.6) is 0 Å². The van der Waals surface area contributed by atoms with Crippen molar-refractivity contribution in [2.75, 3.05) is 13.7 Å². The molecule has 0 aromatic carbocycles. The molecule has 0 rings (SSSR count). The molecule has 4 atom stereocenters. The minimum Gasteiger partial charge on any atom is -0.394 e. The van der Waals surface area contributed by atoms with Crippen LogP contribution in [-0.2, 0) is 9.53 Å². The zero-order valence-electron chi connectivity index (χ0n) is 7.33. The maximum atomic E-state index is 10.3. The van der Waals surface area contributed by atoms with E-state index in [4.69, 9.17) is 20.7 Å². The van der Waals surface area contributed by atoms with E-state index in [-0.39, 0.29) is 0 Å². The van der Waals surface area contributed by atoms with Crippen LogP contribution >= 0.6 is 0 Å².